The third-order valence-corrected chi connectivity index (χ3v) is 3.69. The Kier molecular flexibility index (Phi) is 4.37. The highest BCUT2D eigenvalue weighted by molar-refractivity contribution is 9.10. The van der Waals surface area contributed by atoms with Crippen LogP contribution in [0.5, 0.6) is 11.5 Å². The van der Waals surface area contributed by atoms with E-state index in [0.717, 1.165) is 0 Å². The molecule has 0 aliphatic carbocycles. The summed E-state index contributed by atoms with van der Waals surface area (Å²) in [6, 6.07) is 8.09. The maximum Gasteiger partial charge on any atom is 0.196 e. The van der Waals surface area contributed by atoms with Crippen molar-refractivity contribution in [2.45, 2.75) is 0 Å². The fourth-order valence-corrected chi connectivity index (χ4v) is 2.46. The van der Waals surface area contributed by atoms with Gasteiger partial charge in [-0.2, -0.15) is 0 Å². The summed E-state index contributed by atoms with van der Waals surface area (Å²) in [4.78, 5) is 12.6. The van der Waals surface area contributed by atoms with Crippen LogP contribution in [0.15, 0.2) is 34.8 Å². The van der Waals surface area contributed by atoms with Gasteiger partial charge in [0.2, 0.25) is 0 Å². The zero-order chi connectivity index (χ0) is 15.6. The van der Waals surface area contributed by atoms with Crippen LogP contribution in [0.25, 0.3) is 0 Å². The number of methoxy groups -OCH3 is 2. The van der Waals surface area contributed by atoms with Crippen molar-refractivity contribution in [3.8, 4) is 11.5 Å². The number of hydrogen-bond acceptors (Lipinski definition) is 5. The molecule has 0 heterocycles. The molecule has 0 aromatic heterocycles. The summed E-state index contributed by atoms with van der Waals surface area (Å²) in [5.74, 6) is 0.782. The predicted molar refractivity (Wildman–Crippen MR) is 85.9 cm³/mol. The standard InChI is InChI=1S/C15H15BrN2O3/c1-20-13-6-10(11(16)7-14(13)21-2)15(19)9-4-3-8(17)5-12(9)18/h3-7H,17-18H2,1-2H3. The van der Waals surface area contributed by atoms with Crippen LogP contribution in [0.3, 0.4) is 0 Å². The number of nitrogen functional groups attached to an aromatic ring is 2. The maximum atomic E-state index is 12.6. The lowest BCUT2D eigenvalue weighted by Gasteiger charge is -2.12. The van der Waals surface area contributed by atoms with Crippen molar-refractivity contribution in [2.24, 2.45) is 0 Å². The molecule has 2 aromatic carbocycles. The van der Waals surface area contributed by atoms with Gasteiger partial charge in [-0.25, -0.2) is 0 Å². The predicted octanol–water partition coefficient (Wildman–Crippen LogP) is 2.86. The fourth-order valence-electron chi connectivity index (χ4n) is 1.96. The summed E-state index contributed by atoms with van der Waals surface area (Å²) in [6.07, 6.45) is 0. The molecule has 2 aromatic rings. The molecule has 0 radical (unpaired) electrons. The van der Waals surface area contributed by atoms with E-state index < -0.39 is 0 Å². The van der Waals surface area contributed by atoms with E-state index in [1.165, 1.54) is 14.2 Å². The van der Waals surface area contributed by atoms with Crippen LogP contribution in [0.4, 0.5) is 11.4 Å². The Morgan fingerprint density at radius 1 is 1.00 bits per heavy atom. The minimum atomic E-state index is -0.222. The monoisotopic (exact) mass is 350 g/mol. The lowest BCUT2D eigenvalue weighted by atomic mass is 10.0. The third-order valence-electron chi connectivity index (χ3n) is 3.04. The summed E-state index contributed by atoms with van der Waals surface area (Å²) in [5, 5.41) is 0. The second-order valence-electron chi connectivity index (χ2n) is 4.36. The first-order valence-electron chi connectivity index (χ1n) is 6.09. The van der Waals surface area contributed by atoms with Crippen molar-refractivity contribution in [3.05, 3.63) is 45.9 Å². The molecule has 0 unspecified atom stereocenters. The molecule has 5 nitrogen and oxygen atoms in total. The van der Waals surface area contributed by atoms with Gasteiger partial charge < -0.3 is 20.9 Å². The molecule has 21 heavy (non-hydrogen) atoms. The second kappa shape index (κ2) is 6.05. The van der Waals surface area contributed by atoms with E-state index in [0.29, 0.717) is 38.5 Å². The number of halogens is 1. The average Bonchev–Trinajstić information content (AvgIpc) is 2.46. The lowest BCUT2D eigenvalue weighted by Crippen LogP contribution is -2.07. The van der Waals surface area contributed by atoms with Gasteiger partial charge in [-0.3, -0.25) is 4.79 Å². The largest absolute Gasteiger partial charge is 0.493 e. The van der Waals surface area contributed by atoms with Crippen LogP contribution in [-0.2, 0) is 0 Å². The summed E-state index contributed by atoms with van der Waals surface area (Å²) < 4.78 is 11.0. The highest BCUT2D eigenvalue weighted by atomic mass is 79.9. The summed E-state index contributed by atoms with van der Waals surface area (Å²) in [5.41, 5.74) is 13.2. The number of ether oxygens (including phenoxy) is 2. The number of anilines is 2. The van der Waals surface area contributed by atoms with E-state index >= 15 is 0 Å². The van der Waals surface area contributed by atoms with E-state index in [1.54, 1.807) is 30.3 Å². The SMILES string of the molecule is COc1cc(Br)c(C(=O)c2ccc(N)cc2N)cc1OC. The Balaban J connectivity index is 2.53. The Morgan fingerprint density at radius 3 is 2.19 bits per heavy atom. The number of carbonyl (C=O) groups is 1. The summed E-state index contributed by atoms with van der Waals surface area (Å²) in [7, 11) is 3.04. The van der Waals surface area contributed by atoms with Crippen molar-refractivity contribution in [2.75, 3.05) is 25.7 Å². The number of hydrogen-bond donors (Lipinski definition) is 2. The topological polar surface area (TPSA) is 87.6 Å². The first-order valence-corrected chi connectivity index (χ1v) is 6.88. The minimum Gasteiger partial charge on any atom is -0.493 e. The van der Waals surface area contributed by atoms with Crippen LogP contribution in [0, 0.1) is 0 Å². The van der Waals surface area contributed by atoms with E-state index in [9.17, 15) is 4.79 Å². The van der Waals surface area contributed by atoms with E-state index in [4.69, 9.17) is 20.9 Å². The molecule has 4 N–H and O–H groups in total. The van der Waals surface area contributed by atoms with E-state index in [-0.39, 0.29) is 5.78 Å². The average molecular weight is 351 g/mol. The van der Waals surface area contributed by atoms with E-state index in [2.05, 4.69) is 15.9 Å². The van der Waals surface area contributed by atoms with Gasteiger partial charge in [-0.15, -0.1) is 0 Å². The molecule has 2 rings (SSSR count). The molecule has 0 bridgehead atoms. The van der Waals surface area contributed by atoms with Gasteiger partial charge in [0.1, 0.15) is 0 Å². The Morgan fingerprint density at radius 2 is 1.62 bits per heavy atom. The highest BCUT2D eigenvalue weighted by Crippen LogP contribution is 2.35. The highest BCUT2D eigenvalue weighted by Gasteiger charge is 2.18. The van der Waals surface area contributed by atoms with Crippen LogP contribution in [0.2, 0.25) is 0 Å². The molecule has 6 heteroatoms. The molecule has 0 aliphatic rings. The Labute approximate surface area is 131 Å². The van der Waals surface area contributed by atoms with Crippen molar-refractivity contribution in [1.82, 2.24) is 0 Å². The molecule has 0 atom stereocenters. The van der Waals surface area contributed by atoms with Crippen LogP contribution in [-0.4, -0.2) is 20.0 Å². The first-order chi connectivity index (χ1) is 9.97. The smallest absolute Gasteiger partial charge is 0.196 e. The lowest BCUT2D eigenvalue weighted by molar-refractivity contribution is 0.103. The zero-order valence-electron chi connectivity index (χ0n) is 11.6. The third kappa shape index (κ3) is 2.95. The quantitative estimate of drug-likeness (QED) is 0.653. The second-order valence-corrected chi connectivity index (χ2v) is 5.22. The number of benzene rings is 2. The molecule has 0 fully saturated rings. The van der Waals surface area contributed by atoms with Gasteiger partial charge in [-0.05, 0) is 46.3 Å². The molecular weight excluding hydrogens is 336 g/mol. The summed E-state index contributed by atoms with van der Waals surface area (Å²) >= 11 is 3.37. The van der Waals surface area contributed by atoms with Crippen molar-refractivity contribution in [1.29, 1.82) is 0 Å². The molecule has 0 saturated carbocycles. The zero-order valence-corrected chi connectivity index (χ0v) is 13.2. The Bertz CT molecular complexity index is 702. The molecular formula is C15H15BrN2O3. The molecule has 0 aliphatic heterocycles. The van der Waals surface area contributed by atoms with E-state index in [1.807, 2.05) is 0 Å². The number of nitrogens with two attached hydrogens (primary N) is 2. The van der Waals surface area contributed by atoms with Gasteiger partial charge in [0.05, 0.1) is 14.2 Å². The van der Waals surface area contributed by atoms with Crippen LogP contribution >= 0.6 is 15.9 Å². The number of carbonyl (C=O) groups excluding carboxylic acids is 1. The summed E-state index contributed by atoms with van der Waals surface area (Å²) in [6.45, 7) is 0. The van der Waals surface area contributed by atoms with Gasteiger partial charge in [-0.1, -0.05) is 0 Å². The molecule has 0 amide bonds. The number of rotatable bonds is 4. The maximum absolute atomic E-state index is 12.6. The van der Waals surface area contributed by atoms with Gasteiger partial charge >= 0.3 is 0 Å². The molecule has 0 spiro atoms. The normalized spacial score (nSPS) is 10.2. The Hall–Kier alpha value is -2.21. The van der Waals surface area contributed by atoms with Crippen molar-refractivity contribution >= 4 is 33.1 Å². The van der Waals surface area contributed by atoms with Gasteiger partial charge in [0.15, 0.2) is 17.3 Å². The number of ketones is 1. The van der Waals surface area contributed by atoms with Crippen molar-refractivity contribution < 1.29 is 14.3 Å². The van der Waals surface area contributed by atoms with Gasteiger partial charge in [0.25, 0.3) is 0 Å². The van der Waals surface area contributed by atoms with Crippen LogP contribution in [0.1, 0.15) is 15.9 Å². The van der Waals surface area contributed by atoms with Crippen molar-refractivity contribution in [3.63, 3.8) is 0 Å². The minimum absolute atomic E-state index is 0.222. The van der Waals surface area contributed by atoms with Crippen LogP contribution < -0.4 is 20.9 Å². The fraction of sp³-hybridized carbons (Fsp3) is 0.133. The first kappa shape index (κ1) is 15.2. The van der Waals surface area contributed by atoms with Gasteiger partial charge in [0, 0.05) is 27.0 Å². The molecule has 0 saturated heterocycles. The molecule has 110 valence electrons.